The molecule has 3 aromatic rings. The maximum atomic E-state index is 13.5. The van der Waals surface area contributed by atoms with Gasteiger partial charge in [-0.1, -0.05) is 23.7 Å². The first kappa shape index (κ1) is 19.4. The van der Waals surface area contributed by atoms with Crippen molar-refractivity contribution in [2.24, 2.45) is 0 Å². The van der Waals surface area contributed by atoms with Crippen LogP contribution < -0.4 is 15.0 Å². The predicted octanol–water partition coefficient (Wildman–Crippen LogP) is 3.26. The van der Waals surface area contributed by atoms with Crippen LogP contribution in [0.15, 0.2) is 36.5 Å². The maximum Gasteiger partial charge on any atom is 0.271 e. The summed E-state index contributed by atoms with van der Waals surface area (Å²) in [7, 11) is 3.54. The van der Waals surface area contributed by atoms with Gasteiger partial charge in [-0.2, -0.15) is 5.10 Å². The van der Waals surface area contributed by atoms with Crippen LogP contribution in [-0.4, -0.2) is 46.9 Å². The number of nitrogens with zero attached hydrogens (tertiary/aromatic N) is 4. The van der Waals surface area contributed by atoms with E-state index >= 15 is 0 Å². The molecule has 4 rings (SSSR count). The van der Waals surface area contributed by atoms with Gasteiger partial charge >= 0.3 is 0 Å². The molecule has 1 aliphatic rings. The highest BCUT2D eigenvalue weighted by molar-refractivity contribution is 6.29. The number of hydrogen-bond acceptors (Lipinski definition) is 5. The average Bonchev–Trinajstić information content (AvgIpc) is 3.14. The molecule has 9 heteroatoms. The van der Waals surface area contributed by atoms with Crippen molar-refractivity contribution in [1.82, 2.24) is 19.9 Å². The second kappa shape index (κ2) is 7.87. The fourth-order valence-corrected chi connectivity index (χ4v) is 3.49. The summed E-state index contributed by atoms with van der Waals surface area (Å²) in [5, 5.41) is 7.15. The number of carbonyl (C=O) groups excluding carboxylic acids is 1. The summed E-state index contributed by atoms with van der Waals surface area (Å²) >= 11 is 6.22. The van der Waals surface area contributed by atoms with Crippen molar-refractivity contribution in [2.45, 2.75) is 31.6 Å². The Kier molecular flexibility index (Phi) is 5.27. The minimum Gasteiger partial charge on any atom is -0.497 e. The molecule has 1 fully saturated rings. The third kappa shape index (κ3) is 3.85. The lowest BCUT2D eigenvalue weighted by Gasteiger charge is -2.30. The Balaban J connectivity index is 1.60. The number of amides is 1. The quantitative estimate of drug-likeness (QED) is 0.666. The minimum atomic E-state index is -0.999. The van der Waals surface area contributed by atoms with Crippen molar-refractivity contribution >= 4 is 28.8 Å². The maximum absolute atomic E-state index is 13.5. The van der Waals surface area contributed by atoms with Crippen LogP contribution in [0.25, 0.3) is 5.65 Å². The Labute approximate surface area is 172 Å². The van der Waals surface area contributed by atoms with E-state index in [1.54, 1.807) is 13.2 Å². The minimum absolute atomic E-state index is 0.223. The molecule has 152 valence electrons. The molecule has 2 heterocycles. The summed E-state index contributed by atoms with van der Waals surface area (Å²) in [5.74, 6) is 0.375. The predicted molar refractivity (Wildman–Crippen MR) is 108 cm³/mol. The molecule has 0 bridgehead atoms. The number of rotatable bonds is 6. The van der Waals surface area contributed by atoms with Crippen LogP contribution in [0, 0.1) is 0 Å². The second-order valence-corrected chi connectivity index (χ2v) is 7.50. The zero-order valence-corrected chi connectivity index (χ0v) is 16.9. The first-order chi connectivity index (χ1) is 14.0. The molecule has 1 amide bonds. The van der Waals surface area contributed by atoms with Gasteiger partial charge in [-0.15, -0.1) is 0 Å². The highest BCUT2D eigenvalue weighted by atomic mass is 35.5. The number of anilines is 1. The molecular weight excluding hydrogens is 397 g/mol. The van der Waals surface area contributed by atoms with E-state index < -0.39 is 18.1 Å². The lowest BCUT2D eigenvalue weighted by Crippen LogP contribution is -2.48. The Hall–Kier alpha value is -2.87. The molecule has 2 atom stereocenters. The lowest BCUT2D eigenvalue weighted by molar-refractivity contribution is 0.0817. The summed E-state index contributed by atoms with van der Waals surface area (Å²) in [4.78, 5) is 18.9. The molecule has 1 aromatic carbocycles. The molecule has 1 N–H and O–H groups in total. The van der Waals surface area contributed by atoms with Crippen LogP contribution in [0.5, 0.6) is 5.75 Å². The number of carbonyl (C=O) groups is 1. The number of fused-ring (bicyclic) bond motifs is 1. The van der Waals surface area contributed by atoms with Crippen molar-refractivity contribution in [2.75, 3.05) is 19.1 Å². The monoisotopic (exact) mass is 417 g/mol. The first-order valence-electron chi connectivity index (χ1n) is 9.29. The Morgan fingerprint density at radius 3 is 2.76 bits per heavy atom. The highest BCUT2D eigenvalue weighted by Gasteiger charge is 2.33. The number of halogens is 2. The Morgan fingerprint density at radius 2 is 2.14 bits per heavy atom. The van der Waals surface area contributed by atoms with Crippen molar-refractivity contribution in [1.29, 1.82) is 0 Å². The van der Waals surface area contributed by atoms with Gasteiger partial charge in [0.2, 0.25) is 0 Å². The van der Waals surface area contributed by atoms with Crippen LogP contribution in [-0.2, 0) is 6.54 Å². The second-order valence-electron chi connectivity index (χ2n) is 7.11. The van der Waals surface area contributed by atoms with E-state index in [2.05, 4.69) is 15.4 Å². The number of benzene rings is 1. The van der Waals surface area contributed by atoms with Crippen LogP contribution in [0.4, 0.5) is 10.1 Å². The number of alkyl halides is 1. The van der Waals surface area contributed by atoms with Gasteiger partial charge in [0.1, 0.15) is 11.9 Å². The van der Waals surface area contributed by atoms with Crippen LogP contribution in [0.1, 0.15) is 28.9 Å². The molecule has 29 heavy (non-hydrogen) atoms. The van der Waals surface area contributed by atoms with Crippen LogP contribution in [0.2, 0.25) is 5.15 Å². The summed E-state index contributed by atoms with van der Waals surface area (Å²) in [6.07, 6.45) is 1.54. The number of nitrogens with one attached hydrogen (secondary N) is 1. The largest absolute Gasteiger partial charge is 0.497 e. The number of ether oxygens (including phenoxy) is 1. The van der Waals surface area contributed by atoms with Crippen molar-refractivity contribution in [3.05, 3.63) is 52.9 Å². The van der Waals surface area contributed by atoms with E-state index in [0.717, 1.165) is 17.0 Å². The fraction of sp³-hybridized carbons (Fsp3) is 0.350. The van der Waals surface area contributed by atoms with E-state index in [1.165, 1.54) is 10.7 Å². The fourth-order valence-electron chi connectivity index (χ4n) is 3.31. The van der Waals surface area contributed by atoms with Crippen LogP contribution in [0.3, 0.4) is 0 Å². The van der Waals surface area contributed by atoms with Gasteiger partial charge in [0.15, 0.2) is 16.5 Å². The van der Waals surface area contributed by atoms with Gasteiger partial charge in [-0.25, -0.2) is 13.9 Å². The number of hydrogen-bond donors (Lipinski definition) is 1. The normalized spacial score (nSPS) is 18.3. The molecule has 1 aliphatic carbocycles. The molecule has 0 radical (unpaired) electrons. The van der Waals surface area contributed by atoms with Gasteiger partial charge in [-0.3, -0.25) is 4.79 Å². The molecule has 1 saturated carbocycles. The number of aromatic nitrogens is 3. The molecule has 7 nitrogen and oxygen atoms in total. The third-order valence-electron chi connectivity index (χ3n) is 5.15. The third-order valence-corrected chi connectivity index (χ3v) is 5.33. The van der Waals surface area contributed by atoms with E-state index in [1.807, 2.05) is 36.2 Å². The van der Waals surface area contributed by atoms with E-state index in [0.29, 0.717) is 25.0 Å². The van der Waals surface area contributed by atoms with Gasteiger partial charge in [-0.05, 0) is 30.5 Å². The SMILES string of the molecule is COc1ccc(CN(C)c2cc(Cl)nn3c(C(=O)N[C@@H]4CC[C@H]4F)cnc23)cc1. The van der Waals surface area contributed by atoms with Gasteiger partial charge in [0, 0.05) is 19.7 Å². The molecule has 0 unspecified atom stereocenters. The molecule has 0 saturated heterocycles. The summed E-state index contributed by atoms with van der Waals surface area (Å²) in [6.45, 7) is 0.597. The number of methoxy groups -OCH3 is 1. The Morgan fingerprint density at radius 1 is 1.38 bits per heavy atom. The zero-order valence-electron chi connectivity index (χ0n) is 16.1. The van der Waals surface area contributed by atoms with Gasteiger partial charge < -0.3 is 15.0 Å². The van der Waals surface area contributed by atoms with Gasteiger partial charge in [0.05, 0.1) is 25.0 Å². The molecule has 0 spiro atoms. The topological polar surface area (TPSA) is 71.8 Å². The summed E-state index contributed by atoms with van der Waals surface area (Å²) in [6, 6.07) is 9.00. The molecule has 0 aliphatic heterocycles. The summed E-state index contributed by atoms with van der Waals surface area (Å²) < 4.78 is 20.1. The van der Waals surface area contributed by atoms with Crippen molar-refractivity contribution in [3.8, 4) is 5.75 Å². The standard InChI is InChI=1S/C20H21ClFN5O2/c1-26(11-12-3-5-13(29-2)6-4-12)16-9-18(21)25-27-17(10-23-19(16)27)20(28)24-15-8-7-14(15)22/h3-6,9-10,14-15H,7-8,11H2,1-2H3,(H,24,28)/t14-,15-/m1/s1. The van der Waals surface area contributed by atoms with E-state index in [9.17, 15) is 9.18 Å². The first-order valence-corrected chi connectivity index (χ1v) is 9.67. The van der Waals surface area contributed by atoms with Gasteiger partial charge in [0.25, 0.3) is 5.91 Å². The van der Waals surface area contributed by atoms with E-state index in [4.69, 9.17) is 16.3 Å². The summed E-state index contributed by atoms with van der Waals surface area (Å²) in [5.41, 5.74) is 2.52. The Bertz CT molecular complexity index is 1040. The number of imidazole rings is 1. The zero-order chi connectivity index (χ0) is 20.5. The highest BCUT2D eigenvalue weighted by Crippen LogP contribution is 2.26. The smallest absolute Gasteiger partial charge is 0.271 e. The molecular formula is C20H21ClFN5O2. The van der Waals surface area contributed by atoms with Crippen LogP contribution >= 0.6 is 11.6 Å². The van der Waals surface area contributed by atoms with E-state index in [-0.39, 0.29) is 10.8 Å². The van der Waals surface area contributed by atoms with Crippen molar-refractivity contribution in [3.63, 3.8) is 0 Å². The average molecular weight is 418 g/mol. The molecule has 2 aromatic heterocycles. The van der Waals surface area contributed by atoms with Crippen molar-refractivity contribution < 1.29 is 13.9 Å². The lowest BCUT2D eigenvalue weighted by atomic mass is 9.90.